The van der Waals surface area contributed by atoms with Crippen LogP contribution in [0.15, 0.2) is 88.4 Å². The van der Waals surface area contributed by atoms with E-state index in [1.165, 1.54) is 11.8 Å². The van der Waals surface area contributed by atoms with Crippen LogP contribution in [0.25, 0.3) is 28.5 Å². The maximum Gasteiger partial charge on any atom is 0.247 e. The van der Waals surface area contributed by atoms with Crippen LogP contribution in [0.1, 0.15) is 25.0 Å². The molecule has 36 heavy (non-hydrogen) atoms. The van der Waals surface area contributed by atoms with Gasteiger partial charge in [0.15, 0.2) is 11.0 Å². The zero-order valence-corrected chi connectivity index (χ0v) is 21.0. The minimum atomic E-state index is -0.149. The molecule has 0 spiro atoms. The molecule has 182 valence electrons. The summed E-state index contributed by atoms with van der Waals surface area (Å²) in [5, 5.41) is 18.1. The van der Waals surface area contributed by atoms with Crippen LogP contribution in [-0.4, -0.2) is 38.7 Å². The molecule has 3 aromatic carbocycles. The lowest BCUT2D eigenvalue weighted by Gasteiger charge is -2.13. The van der Waals surface area contributed by atoms with E-state index in [1.54, 1.807) is 7.11 Å². The fourth-order valence-electron chi connectivity index (χ4n) is 3.67. The average Bonchev–Trinajstić information content (AvgIpc) is 3.58. The number of aromatic nitrogens is 5. The highest BCUT2D eigenvalue weighted by molar-refractivity contribution is 7.99. The molecule has 0 aliphatic carbocycles. The average molecular weight is 500 g/mol. The van der Waals surface area contributed by atoms with Crippen LogP contribution >= 0.6 is 11.8 Å². The number of benzene rings is 3. The predicted octanol–water partition coefficient (Wildman–Crippen LogP) is 6.24. The Morgan fingerprint density at radius 3 is 2.25 bits per heavy atom. The molecule has 0 bridgehead atoms. The molecular weight excluding hydrogens is 474 g/mol. The zero-order valence-electron chi connectivity index (χ0n) is 20.2. The van der Waals surface area contributed by atoms with E-state index in [0.29, 0.717) is 29.4 Å². The summed E-state index contributed by atoms with van der Waals surface area (Å²) in [6.45, 7) is 4.58. The van der Waals surface area contributed by atoms with Gasteiger partial charge in [0.1, 0.15) is 11.5 Å². The lowest BCUT2D eigenvalue weighted by molar-refractivity contribution is 0.340. The van der Waals surface area contributed by atoms with E-state index < -0.39 is 0 Å². The fraction of sp³-hybridized carbons (Fsp3) is 0.185. The van der Waals surface area contributed by atoms with Gasteiger partial charge in [0, 0.05) is 16.8 Å². The Morgan fingerprint density at radius 2 is 1.56 bits per heavy atom. The first kappa shape index (κ1) is 23.6. The van der Waals surface area contributed by atoms with Gasteiger partial charge in [-0.25, -0.2) is 0 Å². The van der Waals surface area contributed by atoms with E-state index >= 15 is 0 Å². The Morgan fingerprint density at radius 1 is 0.833 bits per heavy atom. The number of rotatable bonds is 9. The Bertz CT molecular complexity index is 1420. The molecule has 0 radical (unpaired) electrons. The molecular formula is C27H25N5O3S. The standard InChI is InChI=1S/C27H25N5O3S/c1-4-34-23-16-12-21(13-17-23)32-24(19-10-14-22(33-3)15-11-19)28-31-27(32)36-18(2)25-29-30-26(35-25)20-8-6-5-7-9-20/h5-18H,4H2,1-3H3. The van der Waals surface area contributed by atoms with Gasteiger partial charge in [0.25, 0.3) is 0 Å². The van der Waals surface area contributed by atoms with Crippen molar-refractivity contribution in [2.45, 2.75) is 24.3 Å². The number of hydrogen-bond acceptors (Lipinski definition) is 8. The normalized spacial score (nSPS) is 11.9. The number of ether oxygens (including phenoxy) is 2. The maximum atomic E-state index is 5.98. The van der Waals surface area contributed by atoms with Crippen molar-refractivity contribution in [1.29, 1.82) is 0 Å². The number of hydrogen-bond donors (Lipinski definition) is 0. The second-order valence-corrected chi connectivity index (χ2v) is 9.18. The Balaban J connectivity index is 1.48. The van der Waals surface area contributed by atoms with Crippen LogP contribution in [-0.2, 0) is 0 Å². The summed E-state index contributed by atoms with van der Waals surface area (Å²) in [6, 6.07) is 25.4. The molecule has 0 saturated carbocycles. The molecule has 0 aliphatic rings. The van der Waals surface area contributed by atoms with Gasteiger partial charge in [0.2, 0.25) is 11.8 Å². The maximum absolute atomic E-state index is 5.98. The molecule has 0 saturated heterocycles. The van der Waals surface area contributed by atoms with Crippen molar-refractivity contribution in [3.63, 3.8) is 0 Å². The number of thioether (sulfide) groups is 1. The predicted molar refractivity (Wildman–Crippen MR) is 139 cm³/mol. The molecule has 2 heterocycles. The second kappa shape index (κ2) is 10.7. The van der Waals surface area contributed by atoms with Gasteiger partial charge in [-0.2, -0.15) is 0 Å². The SMILES string of the molecule is CCOc1ccc(-n2c(SC(C)c3nnc(-c4ccccc4)o3)nnc2-c2ccc(OC)cc2)cc1. The Labute approximate surface area is 213 Å². The zero-order chi connectivity index (χ0) is 24.9. The molecule has 1 unspecified atom stereocenters. The van der Waals surface area contributed by atoms with Gasteiger partial charge in [0.05, 0.1) is 19.0 Å². The van der Waals surface area contributed by atoms with Crippen LogP contribution in [0, 0.1) is 0 Å². The van der Waals surface area contributed by atoms with E-state index in [9.17, 15) is 0 Å². The van der Waals surface area contributed by atoms with Crippen LogP contribution < -0.4 is 9.47 Å². The van der Waals surface area contributed by atoms with E-state index in [1.807, 2.05) is 97.3 Å². The van der Waals surface area contributed by atoms with Crippen LogP contribution in [0.3, 0.4) is 0 Å². The van der Waals surface area contributed by atoms with Crippen LogP contribution in [0.2, 0.25) is 0 Å². The molecule has 9 heteroatoms. The lowest BCUT2D eigenvalue weighted by Crippen LogP contribution is -2.01. The van der Waals surface area contributed by atoms with E-state index in [2.05, 4.69) is 20.4 Å². The Kier molecular flexibility index (Phi) is 6.99. The van der Waals surface area contributed by atoms with Gasteiger partial charge in [-0.3, -0.25) is 4.57 Å². The molecule has 0 N–H and O–H groups in total. The lowest BCUT2D eigenvalue weighted by atomic mass is 10.2. The van der Waals surface area contributed by atoms with Gasteiger partial charge in [-0.05, 0) is 74.5 Å². The third-order valence-corrected chi connectivity index (χ3v) is 6.51. The van der Waals surface area contributed by atoms with Gasteiger partial charge in [-0.15, -0.1) is 20.4 Å². The summed E-state index contributed by atoms with van der Waals surface area (Å²) in [4.78, 5) is 0. The molecule has 0 amide bonds. The molecule has 0 fully saturated rings. The number of nitrogens with zero attached hydrogens (tertiary/aromatic N) is 5. The summed E-state index contributed by atoms with van der Waals surface area (Å²) >= 11 is 1.50. The first-order chi connectivity index (χ1) is 17.7. The van der Waals surface area contributed by atoms with Crippen molar-refractivity contribution in [2.75, 3.05) is 13.7 Å². The summed E-state index contributed by atoms with van der Waals surface area (Å²) in [6.07, 6.45) is 0. The van der Waals surface area contributed by atoms with Crippen LogP contribution in [0.4, 0.5) is 0 Å². The highest BCUT2D eigenvalue weighted by Gasteiger charge is 2.22. The Hall–Kier alpha value is -4.11. The summed E-state index contributed by atoms with van der Waals surface area (Å²) in [7, 11) is 1.65. The quantitative estimate of drug-likeness (QED) is 0.220. The van der Waals surface area contributed by atoms with Gasteiger partial charge < -0.3 is 13.9 Å². The van der Waals surface area contributed by atoms with Crippen molar-refractivity contribution < 1.29 is 13.9 Å². The van der Waals surface area contributed by atoms with Crippen molar-refractivity contribution in [1.82, 2.24) is 25.0 Å². The van der Waals surface area contributed by atoms with Crippen molar-refractivity contribution >= 4 is 11.8 Å². The highest BCUT2D eigenvalue weighted by atomic mass is 32.2. The third-order valence-electron chi connectivity index (χ3n) is 5.48. The minimum Gasteiger partial charge on any atom is -0.497 e. The number of methoxy groups -OCH3 is 1. The first-order valence-electron chi connectivity index (χ1n) is 11.5. The van der Waals surface area contributed by atoms with E-state index in [4.69, 9.17) is 13.9 Å². The first-order valence-corrected chi connectivity index (χ1v) is 12.4. The van der Waals surface area contributed by atoms with E-state index in [0.717, 1.165) is 28.3 Å². The molecule has 0 aliphatic heterocycles. The smallest absolute Gasteiger partial charge is 0.247 e. The summed E-state index contributed by atoms with van der Waals surface area (Å²) in [5.74, 6) is 3.31. The highest BCUT2D eigenvalue weighted by Crippen LogP contribution is 2.37. The van der Waals surface area contributed by atoms with E-state index in [-0.39, 0.29) is 5.25 Å². The molecule has 8 nitrogen and oxygen atoms in total. The van der Waals surface area contributed by atoms with Crippen molar-refractivity contribution in [2.24, 2.45) is 0 Å². The monoisotopic (exact) mass is 499 g/mol. The minimum absolute atomic E-state index is 0.149. The van der Waals surface area contributed by atoms with Crippen molar-refractivity contribution in [3.05, 3.63) is 84.8 Å². The van der Waals surface area contributed by atoms with Gasteiger partial charge in [-0.1, -0.05) is 30.0 Å². The molecule has 5 rings (SSSR count). The molecule has 5 aromatic rings. The molecule has 2 aromatic heterocycles. The summed E-state index contributed by atoms with van der Waals surface area (Å²) < 4.78 is 18.9. The molecule has 1 atom stereocenters. The summed E-state index contributed by atoms with van der Waals surface area (Å²) in [5.41, 5.74) is 2.72. The largest absolute Gasteiger partial charge is 0.497 e. The van der Waals surface area contributed by atoms with Crippen LogP contribution in [0.5, 0.6) is 11.5 Å². The third kappa shape index (κ3) is 4.96. The van der Waals surface area contributed by atoms with Gasteiger partial charge >= 0.3 is 0 Å². The fourth-order valence-corrected chi connectivity index (χ4v) is 4.57. The second-order valence-electron chi connectivity index (χ2n) is 7.87. The van der Waals surface area contributed by atoms with Crippen molar-refractivity contribution in [3.8, 4) is 40.0 Å². The topological polar surface area (TPSA) is 88.1 Å².